The highest BCUT2D eigenvalue weighted by Crippen LogP contribution is 2.39. The minimum absolute atomic E-state index is 0.000237. The molecule has 2 aliphatic heterocycles. The summed E-state index contributed by atoms with van der Waals surface area (Å²) < 4.78 is 13.2. The van der Waals surface area contributed by atoms with Gasteiger partial charge >= 0.3 is 5.97 Å². The Morgan fingerprint density at radius 2 is 1.52 bits per heavy atom. The standard InChI is InChI=1S/C39H45N5O6/c45-27-28-9-11-31(12-10-28)35-24-34(26-43-19-21-44(22-20-43)39-40-17-4-18-41-39)49-38(50-35)32-15-13-30(14-16-32)33-6-3-5-29(23-33)25-42-36(46)7-1-2-8-37(47)48/h3-6,9-18,23,34-35,38,45H,1-2,7-8,19-22,24-27H2,(H,42,46)(H,47,48)/t34-,35+,38+/m0/s1. The third-order valence-electron chi connectivity index (χ3n) is 9.26. The van der Waals surface area contributed by atoms with E-state index in [1.54, 1.807) is 12.4 Å². The average molecular weight is 680 g/mol. The molecule has 0 saturated carbocycles. The minimum atomic E-state index is -0.840. The molecule has 3 atom stereocenters. The number of ether oxygens (including phenoxy) is 2. The van der Waals surface area contributed by atoms with Crippen molar-refractivity contribution in [2.24, 2.45) is 0 Å². The summed E-state index contributed by atoms with van der Waals surface area (Å²) in [5.41, 5.74) is 5.93. The molecule has 0 unspecified atom stereocenters. The lowest BCUT2D eigenvalue weighted by atomic mass is 9.98. The Labute approximate surface area is 292 Å². The van der Waals surface area contributed by atoms with Gasteiger partial charge < -0.3 is 29.9 Å². The summed E-state index contributed by atoms with van der Waals surface area (Å²) in [7, 11) is 0. The Hall–Kier alpha value is -4.68. The smallest absolute Gasteiger partial charge is 0.303 e. The number of benzene rings is 3. The van der Waals surface area contributed by atoms with Gasteiger partial charge in [0.1, 0.15) is 0 Å². The fourth-order valence-corrected chi connectivity index (χ4v) is 6.45. The van der Waals surface area contributed by atoms with E-state index < -0.39 is 12.3 Å². The molecule has 1 amide bonds. The Morgan fingerprint density at radius 3 is 2.24 bits per heavy atom. The van der Waals surface area contributed by atoms with Crippen LogP contribution in [-0.4, -0.2) is 75.8 Å². The SMILES string of the molecule is O=C(O)CCCCC(=O)NCc1cccc(-c2ccc([C@@H]3O[C@H](CN4CCN(c5ncccn5)CC4)C[C@H](c4ccc(CO)cc4)O3)cc2)c1. The molecule has 11 nitrogen and oxygen atoms in total. The Morgan fingerprint density at radius 1 is 0.800 bits per heavy atom. The van der Waals surface area contributed by atoms with Gasteiger partial charge in [0.15, 0.2) is 6.29 Å². The molecular formula is C39H45N5O6. The Kier molecular flexibility index (Phi) is 12.2. The molecule has 0 radical (unpaired) electrons. The Bertz CT molecular complexity index is 1680. The maximum absolute atomic E-state index is 12.2. The predicted molar refractivity (Wildman–Crippen MR) is 189 cm³/mol. The number of anilines is 1. The number of amides is 1. The second-order valence-electron chi connectivity index (χ2n) is 12.9. The topological polar surface area (TPSA) is 137 Å². The van der Waals surface area contributed by atoms with Gasteiger partial charge in [-0.1, -0.05) is 66.7 Å². The maximum Gasteiger partial charge on any atom is 0.303 e. The van der Waals surface area contributed by atoms with E-state index in [4.69, 9.17) is 14.6 Å². The molecule has 2 fully saturated rings. The highest BCUT2D eigenvalue weighted by molar-refractivity contribution is 5.76. The molecule has 11 heteroatoms. The van der Waals surface area contributed by atoms with Gasteiger partial charge in [-0.25, -0.2) is 9.97 Å². The van der Waals surface area contributed by atoms with Crippen molar-refractivity contribution in [1.29, 1.82) is 0 Å². The number of aliphatic hydroxyl groups excluding tert-OH is 1. The van der Waals surface area contributed by atoms with Crippen LogP contribution in [0, 0.1) is 0 Å². The number of carboxylic acids is 1. The first-order valence-corrected chi connectivity index (χ1v) is 17.4. The van der Waals surface area contributed by atoms with E-state index in [2.05, 4.69) is 55.4 Å². The number of rotatable bonds is 14. The predicted octanol–water partition coefficient (Wildman–Crippen LogP) is 5.26. The summed E-state index contributed by atoms with van der Waals surface area (Å²) in [6, 6.07) is 26.1. The van der Waals surface area contributed by atoms with Crippen LogP contribution >= 0.6 is 0 Å². The zero-order valence-electron chi connectivity index (χ0n) is 28.2. The Balaban J connectivity index is 1.09. The first-order chi connectivity index (χ1) is 24.4. The number of aromatic nitrogens is 2. The molecule has 1 aromatic heterocycles. The summed E-state index contributed by atoms with van der Waals surface area (Å²) in [6.45, 7) is 4.69. The van der Waals surface area contributed by atoms with Crippen molar-refractivity contribution in [3.05, 3.63) is 114 Å². The van der Waals surface area contributed by atoms with Crippen molar-refractivity contribution in [2.45, 2.75) is 63.8 Å². The molecular weight excluding hydrogens is 634 g/mol. The van der Waals surface area contributed by atoms with Gasteiger partial charge in [-0.15, -0.1) is 0 Å². The van der Waals surface area contributed by atoms with E-state index >= 15 is 0 Å². The van der Waals surface area contributed by atoms with Crippen LogP contribution in [0.5, 0.6) is 0 Å². The van der Waals surface area contributed by atoms with Crippen LogP contribution in [0.15, 0.2) is 91.3 Å². The third kappa shape index (κ3) is 9.72. The molecule has 3 N–H and O–H groups in total. The van der Waals surface area contributed by atoms with Crippen LogP contribution in [0.25, 0.3) is 11.1 Å². The van der Waals surface area contributed by atoms with Gasteiger partial charge in [0.05, 0.1) is 18.8 Å². The molecule has 262 valence electrons. The molecule has 0 spiro atoms. The van der Waals surface area contributed by atoms with E-state index in [1.807, 2.05) is 48.5 Å². The van der Waals surface area contributed by atoms with Gasteiger partial charge in [0, 0.05) is 76.5 Å². The minimum Gasteiger partial charge on any atom is -0.481 e. The molecule has 6 rings (SSSR count). The molecule has 0 aliphatic carbocycles. The van der Waals surface area contributed by atoms with Gasteiger partial charge in [-0.3, -0.25) is 14.5 Å². The zero-order valence-corrected chi connectivity index (χ0v) is 28.2. The molecule has 2 saturated heterocycles. The van der Waals surface area contributed by atoms with Crippen LogP contribution in [0.1, 0.15) is 66.8 Å². The lowest BCUT2D eigenvalue weighted by Gasteiger charge is -2.40. The fourth-order valence-electron chi connectivity index (χ4n) is 6.45. The number of hydrogen-bond donors (Lipinski definition) is 3. The number of hydrogen-bond acceptors (Lipinski definition) is 9. The lowest BCUT2D eigenvalue weighted by Crippen LogP contribution is -2.50. The van der Waals surface area contributed by atoms with Crippen molar-refractivity contribution in [3.8, 4) is 11.1 Å². The molecule has 0 bridgehead atoms. The second kappa shape index (κ2) is 17.3. The highest BCUT2D eigenvalue weighted by Gasteiger charge is 2.34. The molecule has 50 heavy (non-hydrogen) atoms. The van der Waals surface area contributed by atoms with Crippen molar-refractivity contribution in [3.63, 3.8) is 0 Å². The van der Waals surface area contributed by atoms with Crippen LogP contribution < -0.4 is 10.2 Å². The maximum atomic E-state index is 12.2. The summed E-state index contributed by atoms with van der Waals surface area (Å²) in [5.74, 6) is -0.152. The summed E-state index contributed by atoms with van der Waals surface area (Å²) in [5, 5.41) is 21.3. The van der Waals surface area contributed by atoms with Crippen molar-refractivity contribution >= 4 is 17.8 Å². The molecule has 2 aliphatic rings. The number of aliphatic hydroxyl groups is 1. The van der Waals surface area contributed by atoms with Crippen LogP contribution in [0.2, 0.25) is 0 Å². The number of nitrogens with one attached hydrogen (secondary N) is 1. The van der Waals surface area contributed by atoms with Gasteiger partial charge in [-0.05, 0) is 52.8 Å². The second-order valence-corrected chi connectivity index (χ2v) is 12.9. The number of carbonyl (C=O) groups excluding carboxylic acids is 1. The molecule has 3 aromatic carbocycles. The van der Waals surface area contributed by atoms with Crippen LogP contribution in [0.4, 0.5) is 5.95 Å². The summed E-state index contributed by atoms with van der Waals surface area (Å²) >= 11 is 0. The normalized spacial score (nSPS) is 19.6. The lowest BCUT2D eigenvalue weighted by molar-refractivity contribution is -0.253. The van der Waals surface area contributed by atoms with Crippen LogP contribution in [-0.2, 0) is 32.2 Å². The first kappa shape index (κ1) is 35.2. The number of carbonyl (C=O) groups is 2. The first-order valence-electron chi connectivity index (χ1n) is 17.4. The quantitative estimate of drug-likeness (QED) is 0.151. The number of unbranched alkanes of at least 4 members (excludes halogenated alkanes) is 1. The van der Waals surface area contributed by atoms with Crippen LogP contribution in [0.3, 0.4) is 0 Å². The summed E-state index contributed by atoms with van der Waals surface area (Å²) in [4.78, 5) is 36.4. The van der Waals surface area contributed by atoms with Crippen molar-refractivity contribution < 1.29 is 29.3 Å². The van der Waals surface area contributed by atoms with E-state index in [9.17, 15) is 14.7 Å². The molecule has 4 aromatic rings. The molecule has 3 heterocycles. The largest absolute Gasteiger partial charge is 0.481 e. The zero-order chi connectivity index (χ0) is 34.7. The number of piperazine rings is 1. The number of carboxylic acid groups (broad SMARTS) is 1. The summed E-state index contributed by atoms with van der Waals surface area (Å²) in [6.07, 6.45) is 4.98. The van der Waals surface area contributed by atoms with Crippen molar-refractivity contribution in [2.75, 3.05) is 37.6 Å². The monoisotopic (exact) mass is 679 g/mol. The van der Waals surface area contributed by atoms with Gasteiger partial charge in [-0.2, -0.15) is 0 Å². The highest BCUT2D eigenvalue weighted by atomic mass is 16.7. The van der Waals surface area contributed by atoms with Gasteiger partial charge in [0.25, 0.3) is 0 Å². The van der Waals surface area contributed by atoms with E-state index in [0.717, 1.165) is 78.5 Å². The van der Waals surface area contributed by atoms with E-state index in [1.165, 1.54) is 0 Å². The average Bonchev–Trinajstić information content (AvgIpc) is 3.16. The third-order valence-corrected chi connectivity index (χ3v) is 9.26. The van der Waals surface area contributed by atoms with Crippen molar-refractivity contribution in [1.82, 2.24) is 20.2 Å². The number of nitrogens with zero attached hydrogens (tertiary/aromatic N) is 4. The fraction of sp³-hybridized carbons (Fsp3) is 0.385. The van der Waals surface area contributed by atoms with E-state index in [0.29, 0.717) is 25.8 Å². The van der Waals surface area contributed by atoms with E-state index in [-0.39, 0.29) is 31.1 Å². The number of aliphatic carboxylic acids is 1. The van der Waals surface area contributed by atoms with Gasteiger partial charge in [0.2, 0.25) is 11.9 Å².